The largest absolute Gasteiger partial charge is 0.473 e. The Morgan fingerprint density at radius 3 is 2.00 bits per heavy atom. The number of carboxylic acid groups (broad SMARTS) is 2. The fourth-order valence-corrected chi connectivity index (χ4v) is 5.13. The maximum Gasteiger partial charge on any atom is 0.414 e. The number of hydrogen-bond acceptors (Lipinski definition) is 5. The van der Waals surface area contributed by atoms with Gasteiger partial charge in [-0.2, -0.15) is 4.31 Å². The molecule has 0 amide bonds. The molecule has 0 aliphatic carbocycles. The van der Waals surface area contributed by atoms with Gasteiger partial charge in [0.15, 0.2) is 0 Å². The van der Waals surface area contributed by atoms with Crippen molar-refractivity contribution in [3.05, 3.63) is 77.3 Å². The minimum absolute atomic E-state index is 0.362. The van der Waals surface area contributed by atoms with Crippen LogP contribution in [0.3, 0.4) is 0 Å². The Balaban J connectivity index is 0.000000454. The third kappa shape index (κ3) is 6.29. The maximum atomic E-state index is 13.0. The van der Waals surface area contributed by atoms with Gasteiger partial charge in [0.25, 0.3) is 0 Å². The van der Waals surface area contributed by atoms with Crippen LogP contribution in [0.5, 0.6) is 0 Å². The van der Waals surface area contributed by atoms with Crippen LogP contribution in [0.4, 0.5) is 0 Å². The molecule has 0 bridgehead atoms. The Labute approximate surface area is 196 Å². The predicted octanol–water partition coefficient (Wildman–Crippen LogP) is 3.16. The molecule has 0 aromatic heterocycles. The fraction of sp³-hybridized carbons (Fsp3) is 0.217. The molecule has 3 aromatic rings. The van der Waals surface area contributed by atoms with Crippen LogP contribution in [0.2, 0.25) is 5.02 Å². The number of piperazine rings is 1. The van der Waals surface area contributed by atoms with Crippen LogP contribution in [0.1, 0.15) is 5.56 Å². The number of sulfonamides is 1. The third-order valence-corrected chi connectivity index (χ3v) is 7.49. The van der Waals surface area contributed by atoms with Gasteiger partial charge in [-0.3, -0.25) is 4.90 Å². The first-order chi connectivity index (χ1) is 15.7. The highest BCUT2D eigenvalue weighted by Gasteiger charge is 2.28. The zero-order valence-electron chi connectivity index (χ0n) is 17.6. The van der Waals surface area contributed by atoms with Crippen molar-refractivity contribution in [1.82, 2.24) is 9.21 Å². The number of hydrogen-bond donors (Lipinski definition) is 2. The van der Waals surface area contributed by atoms with E-state index in [0.717, 1.165) is 27.9 Å². The van der Waals surface area contributed by atoms with Gasteiger partial charge >= 0.3 is 11.9 Å². The summed E-state index contributed by atoms with van der Waals surface area (Å²) in [7, 11) is -3.48. The first-order valence-electron chi connectivity index (χ1n) is 10.1. The number of carboxylic acids is 2. The number of rotatable bonds is 4. The minimum atomic E-state index is -3.48. The summed E-state index contributed by atoms with van der Waals surface area (Å²) < 4.78 is 27.7. The second-order valence-corrected chi connectivity index (χ2v) is 9.74. The first kappa shape index (κ1) is 24.7. The van der Waals surface area contributed by atoms with Crippen molar-refractivity contribution in [3.8, 4) is 0 Å². The molecule has 1 aliphatic rings. The molecule has 1 heterocycles. The first-order valence-corrected chi connectivity index (χ1v) is 11.9. The Morgan fingerprint density at radius 1 is 0.818 bits per heavy atom. The van der Waals surface area contributed by atoms with E-state index < -0.39 is 22.0 Å². The molecule has 4 rings (SSSR count). The lowest BCUT2D eigenvalue weighted by molar-refractivity contribution is -0.159. The van der Waals surface area contributed by atoms with Crippen LogP contribution in [-0.2, 0) is 26.2 Å². The van der Waals surface area contributed by atoms with E-state index >= 15 is 0 Å². The van der Waals surface area contributed by atoms with Crippen LogP contribution in [-0.4, -0.2) is 66.0 Å². The van der Waals surface area contributed by atoms with Gasteiger partial charge in [-0.05, 0) is 34.5 Å². The maximum absolute atomic E-state index is 13.0. The average Bonchev–Trinajstić information content (AvgIpc) is 2.81. The van der Waals surface area contributed by atoms with Crippen molar-refractivity contribution in [2.75, 3.05) is 26.2 Å². The predicted molar refractivity (Wildman–Crippen MR) is 125 cm³/mol. The fourth-order valence-electron chi connectivity index (χ4n) is 3.47. The van der Waals surface area contributed by atoms with E-state index in [-0.39, 0.29) is 0 Å². The van der Waals surface area contributed by atoms with E-state index in [1.54, 1.807) is 16.4 Å². The van der Waals surface area contributed by atoms with Gasteiger partial charge in [-0.15, -0.1) is 0 Å². The van der Waals surface area contributed by atoms with E-state index in [9.17, 15) is 8.42 Å². The smallest absolute Gasteiger partial charge is 0.414 e. The molecule has 0 atom stereocenters. The molecule has 0 saturated carbocycles. The normalized spacial score (nSPS) is 14.9. The molecule has 0 unspecified atom stereocenters. The molecule has 8 nitrogen and oxygen atoms in total. The van der Waals surface area contributed by atoms with Crippen molar-refractivity contribution in [2.45, 2.75) is 11.4 Å². The molecular weight excluding hydrogens is 468 g/mol. The van der Waals surface area contributed by atoms with Crippen molar-refractivity contribution in [1.29, 1.82) is 0 Å². The highest BCUT2D eigenvalue weighted by atomic mass is 35.5. The lowest BCUT2D eigenvalue weighted by Gasteiger charge is -2.34. The van der Waals surface area contributed by atoms with Crippen LogP contribution >= 0.6 is 11.6 Å². The van der Waals surface area contributed by atoms with Crippen molar-refractivity contribution in [2.24, 2.45) is 0 Å². The minimum Gasteiger partial charge on any atom is -0.473 e. The number of halogens is 1. The Bertz CT molecular complexity index is 1240. The number of carbonyl (C=O) groups is 2. The van der Waals surface area contributed by atoms with Crippen LogP contribution < -0.4 is 0 Å². The zero-order chi connectivity index (χ0) is 24.0. The highest BCUT2D eigenvalue weighted by molar-refractivity contribution is 7.89. The molecule has 1 aliphatic heterocycles. The second kappa shape index (κ2) is 10.8. The van der Waals surface area contributed by atoms with Gasteiger partial charge < -0.3 is 10.2 Å². The molecule has 1 fully saturated rings. The van der Waals surface area contributed by atoms with Gasteiger partial charge in [0, 0.05) is 37.7 Å². The van der Waals surface area contributed by atoms with Crippen LogP contribution in [0.15, 0.2) is 71.6 Å². The Kier molecular flexibility index (Phi) is 8.04. The molecule has 0 spiro atoms. The highest BCUT2D eigenvalue weighted by Crippen LogP contribution is 2.24. The second-order valence-electron chi connectivity index (χ2n) is 7.39. The van der Waals surface area contributed by atoms with E-state index in [0.29, 0.717) is 31.1 Å². The van der Waals surface area contributed by atoms with Crippen LogP contribution in [0.25, 0.3) is 10.8 Å². The molecule has 0 radical (unpaired) electrons. The summed E-state index contributed by atoms with van der Waals surface area (Å²) in [5, 5.41) is 17.5. The summed E-state index contributed by atoms with van der Waals surface area (Å²) in [6.07, 6.45) is 0. The lowest BCUT2D eigenvalue weighted by Crippen LogP contribution is -2.48. The Hall–Kier alpha value is -2.98. The summed E-state index contributed by atoms with van der Waals surface area (Å²) in [5.74, 6) is -3.65. The van der Waals surface area contributed by atoms with Gasteiger partial charge in [0.2, 0.25) is 10.0 Å². The number of nitrogens with zero attached hydrogens (tertiary/aromatic N) is 2. The van der Waals surface area contributed by atoms with Gasteiger partial charge in [-0.1, -0.05) is 60.1 Å². The summed E-state index contributed by atoms with van der Waals surface area (Å²) in [5.41, 5.74) is 1.07. The van der Waals surface area contributed by atoms with Crippen molar-refractivity contribution in [3.63, 3.8) is 0 Å². The van der Waals surface area contributed by atoms with E-state index in [2.05, 4.69) is 4.90 Å². The average molecular weight is 491 g/mol. The van der Waals surface area contributed by atoms with E-state index in [1.807, 2.05) is 54.6 Å². The quantitative estimate of drug-likeness (QED) is 0.540. The summed E-state index contributed by atoms with van der Waals surface area (Å²) in [4.78, 5) is 20.8. The number of aliphatic carboxylic acids is 2. The molecule has 174 valence electrons. The number of fused-ring (bicyclic) bond motifs is 1. The molecule has 3 aromatic carbocycles. The van der Waals surface area contributed by atoms with Gasteiger partial charge in [-0.25, -0.2) is 18.0 Å². The lowest BCUT2D eigenvalue weighted by atomic mass is 10.1. The van der Waals surface area contributed by atoms with Crippen LogP contribution in [0, 0.1) is 0 Å². The summed E-state index contributed by atoms with van der Waals surface area (Å²) >= 11 is 6.24. The Morgan fingerprint density at radius 2 is 1.39 bits per heavy atom. The van der Waals surface area contributed by atoms with Crippen molar-refractivity contribution < 1.29 is 28.2 Å². The molecular formula is C23H23ClN2O6S. The standard InChI is InChI=1S/C21H21ClN2O2S.C2H2O4/c22-21-8-4-3-7-19(21)16-23-11-13-24(14-12-23)27(25,26)20-10-9-17-5-1-2-6-18(17)15-20;3-1(4)2(5)6/h1-10,15H,11-14,16H2;(H,3,4)(H,5,6). The van der Waals surface area contributed by atoms with Gasteiger partial charge in [0.1, 0.15) is 0 Å². The molecule has 10 heteroatoms. The summed E-state index contributed by atoms with van der Waals surface area (Å²) in [6, 6.07) is 20.9. The molecule has 33 heavy (non-hydrogen) atoms. The SMILES string of the molecule is O=C(O)C(=O)O.O=S(=O)(c1ccc2ccccc2c1)N1CCN(Cc2ccccc2Cl)CC1. The molecule has 2 N–H and O–H groups in total. The summed E-state index contributed by atoms with van der Waals surface area (Å²) in [6.45, 7) is 3.10. The zero-order valence-corrected chi connectivity index (χ0v) is 19.2. The van der Waals surface area contributed by atoms with E-state index in [1.165, 1.54) is 0 Å². The monoisotopic (exact) mass is 490 g/mol. The topological polar surface area (TPSA) is 115 Å². The number of benzene rings is 3. The van der Waals surface area contributed by atoms with E-state index in [4.69, 9.17) is 31.4 Å². The third-order valence-electron chi connectivity index (χ3n) is 5.22. The van der Waals surface area contributed by atoms with Gasteiger partial charge in [0.05, 0.1) is 4.90 Å². The molecule has 1 saturated heterocycles. The van der Waals surface area contributed by atoms with Crippen molar-refractivity contribution >= 4 is 44.3 Å².